The Kier molecular flexibility index (Phi) is 8.18. The van der Waals surface area contributed by atoms with Gasteiger partial charge in [-0.15, -0.1) is 0 Å². The Balaban J connectivity index is 0.00000121. The van der Waals surface area contributed by atoms with Crippen LogP contribution in [-0.2, 0) is 5.75 Å². The van der Waals surface area contributed by atoms with Crippen LogP contribution in [0.5, 0.6) is 0 Å². The molecule has 4 heteroatoms. The minimum atomic E-state index is 0. The summed E-state index contributed by atoms with van der Waals surface area (Å²) in [6.07, 6.45) is 0. The molecule has 0 amide bonds. The van der Waals surface area contributed by atoms with Crippen LogP contribution in [0.25, 0.3) is 0 Å². The van der Waals surface area contributed by atoms with Crippen LogP contribution in [0.4, 0.5) is 0 Å². The molecule has 0 atom stereocenters. The molecule has 12 heavy (non-hydrogen) atoms. The first-order valence-corrected chi connectivity index (χ1v) is 4.64. The Hall–Kier alpha value is 1.10. The van der Waals surface area contributed by atoms with Gasteiger partial charge in [0.15, 0.2) is 0 Å². The number of thioether (sulfide) groups is 1. The van der Waals surface area contributed by atoms with E-state index >= 15 is 0 Å². The Morgan fingerprint density at radius 3 is 2.42 bits per heavy atom. The molecule has 0 bridgehead atoms. The van der Waals surface area contributed by atoms with Gasteiger partial charge in [0, 0.05) is 5.75 Å². The molecule has 0 saturated carbocycles. The van der Waals surface area contributed by atoms with Gasteiger partial charge in [0.1, 0.15) is 4.32 Å². The third-order valence-electron chi connectivity index (χ3n) is 1.22. The molecule has 1 aromatic rings. The van der Waals surface area contributed by atoms with Crippen LogP contribution in [0.1, 0.15) is 5.56 Å². The molecule has 0 aliphatic heterocycles. The first-order valence-electron chi connectivity index (χ1n) is 3.25. The molecule has 1 rings (SSSR count). The predicted molar refractivity (Wildman–Crippen MR) is 61.7 cm³/mol. The van der Waals surface area contributed by atoms with Crippen molar-refractivity contribution in [3.8, 4) is 0 Å². The fourth-order valence-corrected chi connectivity index (χ4v) is 1.41. The maximum absolute atomic E-state index is 5.33. The third kappa shape index (κ3) is 5.69. The average Bonchev–Trinajstić information content (AvgIpc) is 2.03. The summed E-state index contributed by atoms with van der Waals surface area (Å²) in [5.41, 5.74) is 6.59. The first kappa shape index (κ1) is 13.1. The van der Waals surface area contributed by atoms with Gasteiger partial charge in [-0.05, 0) is 5.56 Å². The second-order valence-electron chi connectivity index (χ2n) is 2.09. The van der Waals surface area contributed by atoms with Crippen molar-refractivity contribution in [2.24, 2.45) is 5.73 Å². The van der Waals surface area contributed by atoms with E-state index < -0.39 is 0 Å². The molecule has 0 heterocycles. The normalized spacial score (nSPS) is 8.67. The van der Waals surface area contributed by atoms with Crippen molar-refractivity contribution in [1.82, 2.24) is 0 Å². The number of benzene rings is 1. The molecule has 0 unspecified atom stereocenters. The summed E-state index contributed by atoms with van der Waals surface area (Å²) in [4.78, 5) is 0. The quantitative estimate of drug-likeness (QED) is 0.608. The van der Waals surface area contributed by atoms with Crippen molar-refractivity contribution in [2.45, 2.75) is 5.75 Å². The van der Waals surface area contributed by atoms with Crippen LogP contribution >= 0.6 is 24.0 Å². The van der Waals surface area contributed by atoms with Gasteiger partial charge < -0.3 is 5.73 Å². The van der Waals surface area contributed by atoms with Crippen LogP contribution in [0.3, 0.4) is 0 Å². The zero-order valence-electron chi connectivity index (χ0n) is 5.99. The summed E-state index contributed by atoms with van der Waals surface area (Å²) in [6, 6.07) is 10.1. The topological polar surface area (TPSA) is 26.0 Å². The van der Waals surface area contributed by atoms with E-state index in [1.807, 2.05) is 18.2 Å². The van der Waals surface area contributed by atoms with Crippen molar-refractivity contribution < 1.29 is 0 Å². The second-order valence-corrected chi connectivity index (χ2v) is 3.81. The van der Waals surface area contributed by atoms with Gasteiger partial charge in [0.25, 0.3) is 0 Å². The van der Waals surface area contributed by atoms with Crippen LogP contribution in [0.2, 0.25) is 0 Å². The molecule has 2 N–H and O–H groups in total. The summed E-state index contributed by atoms with van der Waals surface area (Å²) >= 11 is 6.23. The summed E-state index contributed by atoms with van der Waals surface area (Å²) < 4.78 is 0.508. The van der Waals surface area contributed by atoms with Crippen molar-refractivity contribution in [3.05, 3.63) is 35.9 Å². The molecule has 60 valence electrons. The summed E-state index contributed by atoms with van der Waals surface area (Å²) in [6.45, 7) is 0. The molecule has 0 aliphatic carbocycles. The monoisotopic (exact) mass is 223 g/mol. The van der Waals surface area contributed by atoms with E-state index in [-0.39, 0.29) is 51.4 Å². The van der Waals surface area contributed by atoms with Crippen molar-refractivity contribution >= 4 is 79.7 Å². The van der Waals surface area contributed by atoms with E-state index in [1.165, 1.54) is 17.3 Å². The third-order valence-corrected chi connectivity index (χ3v) is 2.34. The number of thiocarbonyl (C=S) groups is 1. The molecule has 0 aliphatic rings. The average molecular weight is 223 g/mol. The fraction of sp³-hybridized carbons (Fsp3) is 0.125. The van der Waals surface area contributed by atoms with Gasteiger partial charge in [-0.3, -0.25) is 0 Å². The molecular formula is C8H10KNS2. The summed E-state index contributed by atoms with van der Waals surface area (Å²) in [5, 5.41) is 0. The molecule has 1 aromatic carbocycles. The Morgan fingerprint density at radius 2 is 1.92 bits per heavy atom. The number of hydrogen-bond acceptors (Lipinski definition) is 2. The van der Waals surface area contributed by atoms with Crippen LogP contribution in [-0.4, -0.2) is 55.7 Å². The van der Waals surface area contributed by atoms with Gasteiger partial charge in [-0.25, -0.2) is 0 Å². The van der Waals surface area contributed by atoms with Crippen LogP contribution in [0, 0.1) is 0 Å². The van der Waals surface area contributed by atoms with E-state index in [0.29, 0.717) is 4.32 Å². The molecule has 0 aromatic heterocycles. The van der Waals surface area contributed by atoms with E-state index in [4.69, 9.17) is 18.0 Å². The van der Waals surface area contributed by atoms with E-state index in [2.05, 4.69) is 12.1 Å². The maximum atomic E-state index is 5.33. The number of nitrogens with two attached hydrogens (primary N) is 1. The molecule has 0 spiro atoms. The van der Waals surface area contributed by atoms with E-state index in [9.17, 15) is 0 Å². The predicted octanol–water partition coefficient (Wildman–Crippen LogP) is 1.51. The number of hydrogen-bond donors (Lipinski definition) is 1. The Bertz CT molecular complexity index is 238. The Labute approximate surface area is 125 Å². The van der Waals surface area contributed by atoms with Crippen molar-refractivity contribution in [2.75, 3.05) is 0 Å². The Morgan fingerprint density at radius 1 is 1.33 bits per heavy atom. The first-order chi connectivity index (χ1) is 5.29. The molecule has 0 fully saturated rings. The van der Waals surface area contributed by atoms with E-state index in [1.54, 1.807) is 0 Å². The minimum absolute atomic E-state index is 0. The molecule has 1 nitrogen and oxygen atoms in total. The number of rotatable bonds is 2. The van der Waals surface area contributed by atoms with Gasteiger partial charge in [-0.1, -0.05) is 54.3 Å². The molecule has 0 radical (unpaired) electrons. The summed E-state index contributed by atoms with van der Waals surface area (Å²) in [7, 11) is 0. The standard InChI is InChI=1S/C8H9NS2.K.H/c9-8(10)11-6-7-4-2-1-3-5-7;;/h1-5H,6H2,(H2,9,10);;. The van der Waals surface area contributed by atoms with Crippen molar-refractivity contribution in [3.63, 3.8) is 0 Å². The van der Waals surface area contributed by atoms with Crippen LogP contribution < -0.4 is 5.73 Å². The SMILES string of the molecule is NC(=S)SCc1ccccc1.[KH]. The van der Waals surface area contributed by atoms with Gasteiger partial charge in [0.05, 0.1) is 0 Å². The molecular weight excluding hydrogens is 213 g/mol. The zero-order valence-corrected chi connectivity index (χ0v) is 7.62. The van der Waals surface area contributed by atoms with Crippen molar-refractivity contribution in [1.29, 1.82) is 0 Å². The van der Waals surface area contributed by atoms with Gasteiger partial charge >= 0.3 is 51.4 Å². The van der Waals surface area contributed by atoms with Gasteiger partial charge in [0.2, 0.25) is 0 Å². The van der Waals surface area contributed by atoms with Gasteiger partial charge in [-0.2, -0.15) is 0 Å². The van der Waals surface area contributed by atoms with E-state index in [0.717, 1.165) is 5.75 Å². The molecule has 0 saturated heterocycles. The summed E-state index contributed by atoms with van der Waals surface area (Å²) in [5.74, 6) is 0.871. The van der Waals surface area contributed by atoms with Crippen LogP contribution in [0.15, 0.2) is 30.3 Å². The second kappa shape index (κ2) is 7.50. The fourth-order valence-electron chi connectivity index (χ4n) is 0.729. The zero-order chi connectivity index (χ0) is 8.10.